The molecule has 0 unspecified atom stereocenters. The topological polar surface area (TPSA) is 50.4 Å². The molecule has 1 amide bonds. The van der Waals surface area contributed by atoms with Gasteiger partial charge in [0.2, 0.25) is 5.91 Å². The molecule has 0 aliphatic carbocycles. The van der Waals surface area contributed by atoms with Crippen molar-refractivity contribution < 1.29 is 9.53 Å². The summed E-state index contributed by atoms with van der Waals surface area (Å²) in [5.41, 5.74) is 3.40. The van der Waals surface area contributed by atoms with Crippen molar-refractivity contribution >= 4 is 18.3 Å². The first-order valence-electron chi connectivity index (χ1n) is 8.00. The first-order chi connectivity index (χ1) is 11.3. The van der Waals surface area contributed by atoms with E-state index in [0.29, 0.717) is 19.8 Å². The summed E-state index contributed by atoms with van der Waals surface area (Å²) in [4.78, 5) is 11.9. The fourth-order valence-electron chi connectivity index (χ4n) is 2.52. The molecule has 0 saturated carbocycles. The van der Waals surface area contributed by atoms with Gasteiger partial charge in [0.15, 0.2) is 0 Å². The molecule has 1 aliphatic heterocycles. The predicted molar refractivity (Wildman–Crippen MR) is 96.8 cm³/mol. The molecule has 1 saturated heterocycles. The lowest BCUT2D eigenvalue weighted by molar-refractivity contribution is -0.126. The molecular formula is C19H23ClN2O2. The zero-order valence-corrected chi connectivity index (χ0v) is 14.4. The molecule has 0 atom stereocenters. The maximum atomic E-state index is 11.9. The third-order valence-corrected chi connectivity index (χ3v) is 4.09. The van der Waals surface area contributed by atoms with Crippen LogP contribution in [0.5, 0.6) is 0 Å². The summed E-state index contributed by atoms with van der Waals surface area (Å²) in [6.07, 6.45) is 0. The van der Waals surface area contributed by atoms with E-state index >= 15 is 0 Å². The number of benzene rings is 2. The monoisotopic (exact) mass is 346 g/mol. The van der Waals surface area contributed by atoms with Crippen molar-refractivity contribution in [3.63, 3.8) is 0 Å². The standard InChI is InChI=1S/C19H22N2O2.ClH/c22-19(18-10-20-11-18)21-12-16-8-4-5-9-17(16)14-23-13-15-6-2-1-3-7-15;/h1-9,18,20H,10-14H2,(H,21,22);1H. The lowest BCUT2D eigenvalue weighted by Gasteiger charge is -2.26. The first-order valence-corrected chi connectivity index (χ1v) is 8.00. The van der Waals surface area contributed by atoms with Crippen LogP contribution in [0.15, 0.2) is 54.6 Å². The average molecular weight is 347 g/mol. The molecule has 128 valence electrons. The molecule has 4 nitrogen and oxygen atoms in total. The van der Waals surface area contributed by atoms with Gasteiger partial charge in [-0.05, 0) is 16.7 Å². The highest BCUT2D eigenvalue weighted by Crippen LogP contribution is 2.12. The minimum atomic E-state index is 0. The van der Waals surface area contributed by atoms with Crippen molar-refractivity contribution in [1.29, 1.82) is 0 Å². The van der Waals surface area contributed by atoms with Crippen LogP contribution in [-0.4, -0.2) is 19.0 Å². The number of hydrogen-bond acceptors (Lipinski definition) is 3. The van der Waals surface area contributed by atoms with Crippen LogP contribution >= 0.6 is 12.4 Å². The van der Waals surface area contributed by atoms with Crippen molar-refractivity contribution in [3.05, 3.63) is 71.3 Å². The molecule has 2 aromatic rings. The number of amides is 1. The minimum absolute atomic E-state index is 0. The number of ether oxygens (including phenoxy) is 1. The van der Waals surface area contributed by atoms with Gasteiger partial charge in [-0.2, -0.15) is 0 Å². The van der Waals surface area contributed by atoms with Gasteiger partial charge in [0, 0.05) is 19.6 Å². The number of hydrogen-bond donors (Lipinski definition) is 2. The number of nitrogens with one attached hydrogen (secondary N) is 2. The first kappa shape index (κ1) is 18.5. The Morgan fingerprint density at radius 2 is 1.67 bits per heavy atom. The van der Waals surface area contributed by atoms with Crippen LogP contribution in [0.1, 0.15) is 16.7 Å². The Kier molecular flexibility index (Phi) is 7.25. The summed E-state index contributed by atoms with van der Waals surface area (Å²) < 4.78 is 5.81. The van der Waals surface area contributed by atoms with E-state index in [2.05, 4.69) is 28.8 Å². The van der Waals surface area contributed by atoms with Crippen LogP contribution in [0.2, 0.25) is 0 Å². The van der Waals surface area contributed by atoms with Crippen LogP contribution in [0.4, 0.5) is 0 Å². The fraction of sp³-hybridized carbons (Fsp3) is 0.316. The second-order valence-corrected chi connectivity index (χ2v) is 5.82. The molecule has 0 aromatic heterocycles. The van der Waals surface area contributed by atoms with Gasteiger partial charge in [-0.1, -0.05) is 54.6 Å². The molecule has 3 rings (SSSR count). The third-order valence-electron chi connectivity index (χ3n) is 4.09. The van der Waals surface area contributed by atoms with Crippen molar-refractivity contribution in [2.75, 3.05) is 13.1 Å². The van der Waals surface area contributed by atoms with E-state index < -0.39 is 0 Å². The number of halogens is 1. The maximum Gasteiger partial charge on any atom is 0.225 e. The van der Waals surface area contributed by atoms with Crippen molar-refractivity contribution in [2.24, 2.45) is 5.92 Å². The minimum Gasteiger partial charge on any atom is -0.372 e. The molecule has 2 N–H and O–H groups in total. The molecule has 1 heterocycles. The Morgan fingerprint density at radius 1 is 1.00 bits per heavy atom. The summed E-state index contributed by atoms with van der Waals surface area (Å²) >= 11 is 0. The second-order valence-electron chi connectivity index (χ2n) is 5.82. The Bertz CT molecular complexity index is 645. The molecule has 1 aliphatic rings. The van der Waals surface area contributed by atoms with Gasteiger partial charge in [-0.25, -0.2) is 0 Å². The van der Waals surface area contributed by atoms with Gasteiger partial charge in [-0.3, -0.25) is 4.79 Å². The van der Waals surface area contributed by atoms with Gasteiger partial charge in [0.05, 0.1) is 19.1 Å². The van der Waals surface area contributed by atoms with E-state index in [1.807, 2.05) is 36.4 Å². The second kappa shape index (κ2) is 9.42. The number of carbonyl (C=O) groups is 1. The van der Waals surface area contributed by atoms with Crippen molar-refractivity contribution in [2.45, 2.75) is 19.8 Å². The summed E-state index contributed by atoms with van der Waals surface area (Å²) in [7, 11) is 0. The Hall–Kier alpha value is -1.88. The molecule has 5 heteroatoms. The predicted octanol–water partition coefficient (Wildman–Crippen LogP) is 2.66. The third kappa shape index (κ3) is 5.06. The van der Waals surface area contributed by atoms with E-state index in [4.69, 9.17) is 4.74 Å². The quantitative estimate of drug-likeness (QED) is 0.810. The van der Waals surface area contributed by atoms with Crippen LogP contribution in [-0.2, 0) is 29.3 Å². The fourth-order valence-corrected chi connectivity index (χ4v) is 2.52. The van der Waals surface area contributed by atoms with Crippen molar-refractivity contribution in [1.82, 2.24) is 10.6 Å². The van der Waals surface area contributed by atoms with Gasteiger partial charge in [0.25, 0.3) is 0 Å². The van der Waals surface area contributed by atoms with Gasteiger partial charge in [0.1, 0.15) is 0 Å². The van der Waals surface area contributed by atoms with Gasteiger partial charge < -0.3 is 15.4 Å². The van der Waals surface area contributed by atoms with Crippen LogP contribution in [0, 0.1) is 5.92 Å². The van der Waals surface area contributed by atoms with Crippen molar-refractivity contribution in [3.8, 4) is 0 Å². The molecule has 0 spiro atoms. The smallest absolute Gasteiger partial charge is 0.225 e. The number of carbonyl (C=O) groups excluding carboxylic acids is 1. The molecular weight excluding hydrogens is 324 g/mol. The highest BCUT2D eigenvalue weighted by Gasteiger charge is 2.24. The molecule has 0 bridgehead atoms. The van der Waals surface area contributed by atoms with E-state index in [-0.39, 0.29) is 24.2 Å². The van der Waals surface area contributed by atoms with E-state index in [0.717, 1.165) is 29.8 Å². The molecule has 2 aromatic carbocycles. The van der Waals surface area contributed by atoms with Crippen LogP contribution in [0.25, 0.3) is 0 Å². The number of rotatable bonds is 7. The van der Waals surface area contributed by atoms with Crippen LogP contribution in [0.3, 0.4) is 0 Å². The van der Waals surface area contributed by atoms with E-state index in [9.17, 15) is 4.79 Å². The highest BCUT2D eigenvalue weighted by molar-refractivity contribution is 5.85. The SMILES string of the molecule is Cl.O=C(NCc1ccccc1COCc1ccccc1)C1CNC1. The Morgan fingerprint density at radius 3 is 2.33 bits per heavy atom. The lowest BCUT2D eigenvalue weighted by atomic mass is 10.0. The van der Waals surface area contributed by atoms with E-state index in [1.54, 1.807) is 0 Å². The largest absolute Gasteiger partial charge is 0.372 e. The van der Waals surface area contributed by atoms with Crippen LogP contribution < -0.4 is 10.6 Å². The highest BCUT2D eigenvalue weighted by atomic mass is 35.5. The summed E-state index contributed by atoms with van der Waals surface area (Å²) in [5, 5.41) is 6.13. The van der Waals surface area contributed by atoms with Gasteiger partial charge in [-0.15, -0.1) is 12.4 Å². The lowest BCUT2D eigenvalue weighted by Crippen LogP contribution is -2.50. The molecule has 24 heavy (non-hydrogen) atoms. The van der Waals surface area contributed by atoms with Gasteiger partial charge >= 0.3 is 0 Å². The maximum absolute atomic E-state index is 11.9. The average Bonchev–Trinajstić information content (AvgIpc) is 2.53. The molecule has 0 radical (unpaired) electrons. The summed E-state index contributed by atoms with van der Waals surface area (Å²) in [6, 6.07) is 18.2. The van der Waals surface area contributed by atoms with E-state index in [1.165, 1.54) is 0 Å². The zero-order chi connectivity index (χ0) is 15.9. The summed E-state index contributed by atoms with van der Waals surface area (Å²) in [6.45, 7) is 3.27. The summed E-state index contributed by atoms with van der Waals surface area (Å²) in [5.74, 6) is 0.250. The molecule has 1 fully saturated rings. The Balaban J connectivity index is 0.00000208. The normalized spacial score (nSPS) is 13.7. The Labute approximate surface area is 149 Å². The zero-order valence-electron chi connectivity index (χ0n) is 13.5.